The number of halogens is 1. The van der Waals surface area contributed by atoms with E-state index in [2.05, 4.69) is 10.6 Å². The molecule has 0 radical (unpaired) electrons. The molecule has 3 N–H and O–H groups in total. The summed E-state index contributed by atoms with van der Waals surface area (Å²) in [6.07, 6.45) is 0. The SMILES string of the molecule is CC[NH+](CC(=O)N[C@H](C)c1ccccc1Cl)CC(=O)NC(C)(C)C. The number of likely N-dealkylation sites (N-methyl/N-ethyl adjacent to an activating group) is 1. The highest BCUT2D eigenvalue weighted by atomic mass is 35.5. The van der Waals surface area contributed by atoms with Crippen LogP contribution < -0.4 is 15.5 Å². The Morgan fingerprint density at radius 3 is 2.29 bits per heavy atom. The average Bonchev–Trinajstić information content (AvgIpc) is 2.44. The van der Waals surface area contributed by atoms with Gasteiger partial charge in [0.25, 0.3) is 11.8 Å². The summed E-state index contributed by atoms with van der Waals surface area (Å²) in [5, 5.41) is 6.50. The molecule has 0 aliphatic heterocycles. The van der Waals surface area contributed by atoms with Gasteiger partial charge in [-0.3, -0.25) is 9.59 Å². The molecule has 1 rings (SSSR count). The molecule has 1 aromatic carbocycles. The summed E-state index contributed by atoms with van der Waals surface area (Å²) in [6, 6.07) is 7.28. The summed E-state index contributed by atoms with van der Waals surface area (Å²) in [4.78, 5) is 25.2. The van der Waals surface area contributed by atoms with E-state index in [1.807, 2.05) is 52.8 Å². The summed E-state index contributed by atoms with van der Waals surface area (Å²) < 4.78 is 0. The molecule has 0 saturated carbocycles. The third-order valence-corrected chi connectivity index (χ3v) is 3.93. The summed E-state index contributed by atoms with van der Waals surface area (Å²) in [7, 11) is 0. The van der Waals surface area contributed by atoms with Crippen molar-refractivity contribution in [3.63, 3.8) is 0 Å². The van der Waals surface area contributed by atoms with Gasteiger partial charge in [-0.25, -0.2) is 0 Å². The van der Waals surface area contributed by atoms with Crippen LogP contribution in [-0.2, 0) is 9.59 Å². The van der Waals surface area contributed by atoms with Crippen molar-refractivity contribution < 1.29 is 14.5 Å². The minimum atomic E-state index is -0.267. The molecule has 24 heavy (non-hydrogen) atoms. The lowest BCUT2D eigenvalue weighted by molar-refractivity contribution is -0.881. The molecule has 5 nitrogen and oxygen atoms in total. The van der Waals surface area contributed by atoms with Crippen molar-refractivity contribution in [3.8, 4) is 0 Å². The maximum Gasteiger partial charge on any atom is 0.275 e. The van der Waals surface area contributed by atoms with Crippen LogP contribution in [0.15, 0.2) is 24.3 Å². The van der Waals surface area contributed by atoms with Gasteiger partial charge in [0.05, 0.1) is 12.6 Å². The topological polar surface area (TPSA) is 62.6 Å². The Kier molecular flexibility index (Phi) is 7.70. The van der Waals surface area contributed by atoms with Crippen molar-refractivity contribution in [2.75, 3.05) is 19.6 Å². The molecule has 0 spiro atoms. The summed E-state index contributed by atoms with van der Waals surface area (Å²) in [5.74, 6) is -0.144. The molecule has 0 saturated heterocycles. The molecule has 0 fully saturated rings. The third kappa shape index (κ3) is 7.32. The van der Waals surface area contributed by atoms with E-state index >= 15 is 0 Å². The van der Waals surface area contributed by atoms with Gasteiger partial charge in [0.2, 0.25) is 0 Å². The number of quaternary nitrogens is 1. The van der Waals surface area contributed by atoms with Crippen LogP contribution in [0.5, 0.6) is 0 Å². The fraction of sp³-hybridized carbons (Fsp3) is 0.556. The summed E-state index contributed by atoms with van der Waals surface area (Å²) in [6.45, 7) is 10.9. The smallest absolute Gasteiger partial charge is 0.275 e. The van der Waals surface area contributed by atoms with Crippen LogP contribution in [0.25, 0.3) is 0 Å². The van der Waals surface area contributed by atoms with Crippen molar-refractivity contribution in [1.82, 2.24) is 10.6 Å². The highest BCUT2D eigenvalue weighted by molar-refractivity contribution is 6.31. The Morgan fingerprint density at radius 1 is 1.17 bits per heavy atom. The lowest BCUT2D eigenvalue weighted by Crippen LogP contribution is -3.14. The van der Waals surface area contributed by atoms with E-state index in [0.717, 1.165) is 10.5 Å². The Bertz CT molecular complexity index is 570. The molecule has 134 valence electrons. The molecule has 2 amide bonds. The van der Waals surface area contributed by atoms with Crippen LogP contribution in [-0.4, -0.2) is 37.0 Å². The minimum Gasteiger partial charge on any atom is -0.347 e. The molecule has 1 unspecified atom stereocenters. The molecule has 0 heterocycles. The van der Waals surface area contributed by atoms with Gasteiger partial charge in [-0.15, -0.1) is 0 Å². The molecule has 6 heteroatoms. The zero-order valence-corrected chi connectivity index (χ0v) is 16.0. The van der Waals surface area contributed by atoms with E-state index in [0.29, 0.717) is 11.6 Å². The van der Waals surface area contributed by atoms with Gasteiger partial charge in [0, 0.05) is 10.6 Å². The van der Waals surface area contributed by atoms with E-state index < -0.39 is 0 Å². The molecular formula is C18H29ClN3O2+. The molecule has 0 aromatic heterocycles. The predicted octanol–water partition coefficient (Wildman–Crippen LogP) is 1.34. The highest BCUT2D eigenvalue weighted by Gasteiger charge is 2.21. The molecule has 1 aromatic rings. The Morgan fingerprint density at radius 2 is 1.75 bits per heavy atom. The zero-order valence-electron chi connectivity index (χ0n) is 15.2. The normalized spacial score (nSPS) is 13.9. The lowest BCUT2D eigenvalue weighted by atomic mass is 10.1. The maximum atomic E-state index is 12.3. The van der Waals surface area contributed by atoms with Crippen LogP contribution in [0.3, 0.4) is 0 Å². The first-order valence-corrected chi connectivity index (χ1v) is 8.68. The van der Waals surface area contributed by atoms with Gasteiger partial charge >= 0.3 is 0 Å². The fourth-order valence-corrected chi connectivity index (χ4v) is 2.73. The highest BCUT2D eigenvalue weighted by Crippen LogP contribution is 2.21. The lowest BCUT2D eigenvalue weighted by Gasteiger charge is -2.23. The van der Waals surface area contributed by atoms with Crippen LogP contribution in [0, 0.1) is 0 Å². The van der Waals surface area contributed by atoms with E-state index in [1.165, 1.54) is 0 Å². The Labute approximate surface area is 149 Å². The number of carbonyl (C=O) groups excluding carboxylic acids is 2. The molecular weight excluding hydrogens is 326 g/mol. The first kappa shape index (κ1) is 20.5. The second-order valence-corrected chi connectivity index (χ2v) is 7.47. The molecule has 2 atom stereocenters. The van der Waals surface area contributed by atoms with Gasteiger partial charge < -0.3 is 15.5 Å². The van der Waals surface area contributed by atoms with Crippen LogP contribution in [0.2, 0.25) is 5.02 Å². The van der Waals surface area contributed by atoms with Crippen LogP contribution >= 0.6 is 11.6 Å². The number of hydrogen-bond acceptors (Lipinski definition) is 2. The van der Waals surface area contributed by atoms with Gasteiger partial charge in [0.1, 0.15) is 0 Å². The van der Waals surface area contributed by atoms with E-state index in [9.17, 15) is 9.59 Å². The van der Waals surface area contributed by atoms with Gasteiger partial charge in [-0.2, -0.15) is 0 Å². The Hall–Kier alpha value is -1.59. The van der Waals surface area contributed by atoms with Crippen LogP contribution in [0.4, 0.5) is 0 Å². The standard InChI is InChI=1S/C18H28ClN3O2/c1-6-22(12-17(24)21-18(3,4)5)11-16(23)20-13(2)14-9-7-8-10-15(14)19/h7-10,13H,6,11-12H2,1-5H3,(H,20,23)(H,21,24)/p+1/t13-/m1/s1. The van der Waals surface area contributed by atoms with Gasteiger partial charge in [-0.05, 0) is 46.2 Å². The molecule has 0 aliphatic carbocycles. The van der Waals surface area contributed by atoms with Crippen molar-refractivity contribution in [1.29, 1.82) is 0 Å². The number of benzene rings is 1. The van der Waals surface area contributed by atoms with Crippen molar-refractivity contribution in [2.24, 2.45) is 0 Å². The van der Waals surface area contributed by atoms with E-state index in [1.54, 1.807) is 6.07 Å². The van der Waals surface area contributed by atoms with E-state index in [-0.39, 0.29) is 36.5 Å². The molecule has 0 bridgehead atoms. The van der Waals surface area contributed by atoms with Gasteiger partial charge in [-0.1, -0.05) is 29.8 Å². The first-order valence-electron chi connectivity index (χ1n) is 8.30. The Balaban J connectivity index is 2.55. The number of rotatable bonds is 7. The number of carbonyl (C=O) groups is 2. The number of hydrogen-bond donors (Lipinski definition) is 3. The third-order valence-electron chi connectivity index (χ3n) is 3.58. The van der Waals surface area contributed by atoms with E-state index in [4.69, 9.17) is 11.6 Å². The largest absolute Gasteiger partial charge is 0.347 e. The first-order chi connectivity index (χ1) is 11.1. The summed E-state index contributed by atoms with van der Waals surface area (Å²) in [5.41, 5.74) is 0.618. The number of amides is 2. The van der Waals surface area contributed by atoms with Gasteiger partial charge in [0.15, 0.2) is 13.1 Å². The van der Waals surface area contributed by atoms with Crippen LogP contribution in [0.1, 0.15) is 46.2 Å². The predicted molar refractivity (Wildman–Crippen MR) is 97.1 cm³/mol. The maximum absolute atomic E-state index is 12.3. The summed E-state index contributed by atoms with van der Waals surface area (Å²) >= 11 is 6.16. The van der Waals surface area contributed by atoms with Crippen molar-refractivity contribution >= 4 is 23.4 Å². The minimum absolute atomic E-state index is 0.0497. The fourth-order valence-electron chi connectivity index (χ4n) is 2.43. The zero-order chi connectivity index (χ0) is 18.3. The average molecular weight is 355 g/mol. The quantitative estimate of drug-likeness (QED) is 0.692. The van der Waals surface area contributed by atoms with Crippen molar-refractivity contribution in [2.45, 2.75) is 46.2 Å². The monoisotopic (exact) mass is 354 g/mol. The molecule has 0 aliphatic rings. The second kappa shape index (κ2) is 9.04. The number of nitrogens with one attached hydrogen (secondary N) is 3. The van der Waals surface area contributed by atoms with Crippen molar-refractivity contribution in [3.05, 3.63) is 34.9 Å². The second-order valence-electron chi connectivity index (χ2n) is 7.07.